The summed E-state index contributed by atoms with van der Waals surface area (Å²) in [4.78, 5) is 35.8. The zero-order valence-electron chi connectivity index (χ0n) is 9.27. The number of H-pyrrole nitrogens is 1. The first kappa shape index (κ1) is 14.2. The predicted molar refractivity (Wildman–Crippen MR) is 65.8 cm³/mol. The molecule has 1 aromatic rings. The Morgan fingerprint density at radius 2 is 2.17 bits per heavy atom. The maximum Gasteiger partial charge on any atom is 0.326 e. The van der Waals surface area contributed by atoms with Gasteiger partial charge in [-0.25, -0.2) is 4.79 Å². The number of hydrogen-bond acceptors (Lipinski definition) is 3. The third-order valence-electron chi connectivity index (χ3n) is 2.18. The number of carbonyl (C=O) groups excluding carboxylic acids is 2. The van der Waals surface area contributed by atoms with Gasteiger partial charge in [-0.3, -0.25) is 9.59 Å². The Balaban J connectivity index is 2.63. The number of carbonyl (C=O) groups is 3. The van der Waals surface area contributed by atoms with Crippen molar-refractivity contribution in [2.45, 2.75) is 18.9 Å². The molecule has 0 fully saturated rings. The molecule has 5 N–H and O–H groups in total. The van der Waals surface area contributed by atoms with Crippen molar-refractivity contribution >= 4 is 33.7 Å². The van der Waals surface area contributed by atoms with Crippen LogP contribution in [0.4, 0.5) is 0 Å². The Hall–Kier alpha value is -1.83. The van der Waals surface area contributed by atoms with E-state index in [9.17, 15) is 14.4 Å². The van der Waals surface area contributed by atoms with Crippen molar-refractivity contribution in [1.82, 2.24) is 10.3 Å². The van der Waals surface area contributed by atoms with E-state index >= 15 is 0 Å². The topological polar surface area (TPSA) is 125 Å². The number of carboxylic acid groups (broad SMARTS) is 1. The van der Waals surface area contributed by atoms with Crippen molar-refractivity contribution in [2.24, 2.45) is 5.73 Å². The minimum atomic E-state index is -1.21. The zero-order valence-corrected chi connectivity index (χ0v) is 10.9. The highest BCUT2D eigenvalue weighted by molar-refractivity contribution is 9.10. The van der Waals surface area contributed by atoms with Crippen LogP contribution < -0.4 is 11.1 Å². The van der Waals surface area contributed by atoms with Crippen LogP contribution in [0.2, 0.25) is 0 Å². The van der Waals surface area contributed by atoms with Crippen LogP contribution in [0.15, 0.2) is 16.7 Å². The number of amides is 2. The highest BCUT2D eigenvalue weighted by Crippen LogP contribution is 2.10. The molecule has 1 aromatic heterocycles. The summed E-state index contributed by atoms with van der Waals surface area (Å²) in [7, 11) is 0. The van der Waals surface area contributed by atoms with Gasteiger partial charge in [0.1, 0.15) is 11.7 Å². The van der Waals surface area contributed by atoms with Crippen molar-refractivity contribution in [1.29, 1.82) is 0 Å². The van der Waals surface area contributed by atoms with Crippen LogP contribution in [0.5, 0.6) is 0 Å². The van der Waals surface area contributed by atoms with Gasteiger partial charge in [0.25, 0.3) is 5.91 Å². The number of carboxylic acids is 1. The monoisotopic (exact) mass is 317 g/mol. The average Bonchev–Trinajstić information content (AvgIpc) is 2.70. The summed E-state index contributed by atoms with van der Waals surface area (Å²) in [6.07, 6.45) is 1.40. The van der Waals surface area contributed by atoms with Gasteiger partial charge in [-0.1, -0.05) is 0 Å². The molecule has 0 aromatic carbocycles. The quantitative estimate of drug-likeness (QED) is 0.599. The Kier molecular flexibility index (Phi) is 4.90. The lowest BCUT2D eigenvalue weighted by molar-refractivity contribution is -0.139. The molecule has 8 heteroatoms. The molecule has 0 aliphatic carbocycles. The third-order valence-corrected chi connectivity index (χ3v) is 2.63. The Morgan fingerprint density at radius 3 is 2.61 bits per heavy atom. The number of aromatic nitrogens is 1. The molecule has 0 aliphatic rings. The average molecular weight is 318 g/mol. The number of aliphatic carboxylic acids is 1. The van der Waals surface area contributed by atoms with Crippen molar-refractivity contribution < 1.29 is 19.5 Å². The van der Waals surface area contributed by atoms with E-state index in [0.29, 0.717) is 4.47 Å². The second-order valence-corrected chi connectivity index (χ2v) is 4.52. The number of nitrogens with one attached hydrogen (secondary N) is 2. The van der Waals surface area contributed by atoms with Crippen LogP contribution >= 0.6 is 15.9 Å². The minimum Gasteiger partial charge on any atom is -0.480 e. The lowest BCUT2D eigenvalue weighted by Crippen LogP contribution is -2.41. The lowest BCUT2D eigenvalue weighted by atomic mass is 10.1. The zero-order chi connectivity index (χ0) is 13.7. The molecule has 18 heavy (non-hydrogen) atoms. The largest absolute Gasteiger partial charge is 0.480 e. The summed E-state index contributed by atoms with van der Waals surface area (Å²) in [6, 6.07) is 0.370. The van der Waals surface area contributed by atoms with Gasteiger partial charge in [-0.15, -0.1) is 0 Å². The molecule has 1 rings (SSSR count). The maximum atomic E-state index is 11.7. The summed E-state index contributed by atoms with van der Waals surface area (Å²) in [6.45, 7) is 0. The van der Waals surface area contributed by atoms with E-state index in [1.165, 1.54) is 6.07 Å². The standard InChI is InChI=1S/C10H12BrN3O4/c11-5-3-7(13-4-5)9(16)14-6(10(17)18)1-2-8(12)15/h3-4,6,13H,1-2H2,(H2,12,15)(H,14,16)(H,17,18)/t6-/m1/s1. The van der Waals surface area contributed by atoms with Crippen molar-refractivity contribution in [3.63, 3.8) is 0 Å². The molecular formula is C10H12BrN3O4. The van der Waals surface area contributed by atoms with Gasteiger partial charge in [-0.2, -0.15) is 0 Å². The number of hydrogen-bond donors (Lipinski definition) is 4. The molecule has 1 heterocycles. The van der Waals surface area contributed by atoms with E-state index in [4.69, 9.17) is 10.8 Å². The molecule has 98 valence electrons. The van der Waals surface area contributed by atoms with Crippen LogP contribution in [0, 0.1) is 0 Å². The van der Waals surface area contributed by atoms with E-state index in [-0.39, 0.29) is 18.5 Å². The second kappa shape index (κ2) is 6.20. The molecule has 0 spiro atoms. The number of nitrogens with two attached hydrogens (primary N) is 1. The molecule has 0 radical (unpaired) electrons. The maximum absolute atomic E-state index is 11.7. The van der Waals surface area contributed by atoms with Crippen molar-refractivity contribution in [2.75, 3.05) is 0 Å². The fraction of sp³-hybridized carbons (Fsp3) is 0.300. The van der Waals surface area contributed by atoms with Crippen LogP contribution in [-0.2, 0) is 9.59 Å². The van der Waals surface area contributed by atoms with E-state index in [2.05, 4.69) is 26.2 Å². The van der Waals surface area contributed by atoms with Gasteiger partial charge in [0.05, 0.1) is 0 Å². The molecular weight excluding hydrogens is 306 g/mol. The Morgan fingerprint density at radius 1 is 1.50 bits per heavy atom. The van der Waals surface area contributed by atoms with Gasteiger partial charge >= 0.3 is 5.97 Å². The SMILES string of the molecule is NC(=O)CC[C@@H](NC(=O)c1cc(Br)c[nH]1)C(=O)O. The number of halogens is 1. The molecule has 1 atom stereocenters. The molecule has 7 nitrogen and oxygen atoms in total. The smallest absolute Gasteiger partial charge is 0.326 e. The highest BCUT2D eigenvalue weighted by Gasteiger charge is 2.21. The summed E-state index contributed by atoms with van der Waals surface area (Å²) in [5, 5.41) is 11.2. The van der Waals surface area contributed by atoms with Crippen LogP contribution in [-0.4, -0.2) is 33.9 Å². The first-order valence-electron chi connectivity index (χ1n) is 5.06. The summed E-state index contributed by atoms with van der Waals surface area (Å²) < 4.78 is 0.677. The molecule has 0 aliphatic heterocycles. The van der Waals surface area contributed by atoms with Crippen molar-refractivity contribution in [3.8, 4) is 0 Å². The first-order chi connectivity index (χ1) is 8.40. The minimum absolute atomic E-state index is 0.0434. The molecule has 0 saturated heterocycles. The molecule has 0 saturated carbocycles. The third kappa shape index (κ3) is 4.21. The van der Waals surface area contributed by atoms with Gasteiger partial charge in [0, 0.05) is 17.1 Å². The summed E-state index contributed by atoms with van der Waals surface area (Å²) in [5.41, 5.74) is 5.16. The summed E-state index contributed by atoms with van der Waals surface area (Å²) >= 11 is 3.16. The van der Waals surface area contributed by atoms with Crippen LogP contribution in [0.25, 0.3) is 0 Å². The summed E-state index contributed by atoms with van der Waals surface area (Å²) in [5.74, 6) is -2.38. The first-order valence-corrected chi connectivity index (χ1v) is 5.85. The predicted octanol–water partition coefficient (Wildman–Crippen LogP) is 0.226. The fourth-order valence-corrected chi connectivity index (χ4v) is 1.62. The van der Waals surface area contributed by atoms with E-state index in [1.807, 2.05) is 0 Å². The normalized spacial score (nSPS) is 11.8. The Bertz CT molecular complexity index is 471. The number of aromatic amines is 1. The number of primary amides is 1. The highest BCUT2D eigenvalue weighted by atomic mass is 79.9. The second-order valence-electron chi connectivity index (χ2n) is 3.60. The number of rotatable bonds is 6. The van der Waals surface area contributed by atoms with Gasteiger partial charge in [0.15, 0.2) is 0 Å². The van der Waals surface area contributed by atoms with Crippen LogP contribution in [0.1, 0.15) is 23.3 Å². The molecule has 2 amide bonds. The van der Waals surface area contributed by atoms with Gasteiger partial charge in [0.2, 0.25) is 5.91 Å². The van der Waals surface area contributed by atoms with E-state index < -0.39 is 23.8 Å². The Labute approximate surface area is 111 Å². The van der Waals surface area contributed by atoms with E-state index in [1.54, 1.807) is 6.20 Å². The lowest BCUT2D eigenvalue weighted by Gasteiger charge is -2.12. The van der Waals surface area contributed by atoms with Crippen molar-refractivity contribution in [3.05, 3.63) is 22.4 Å². The molecule has 0 bridgehead atoms. The van der Waals surface area contributed by atoms with Gasteiger partial charge in [-0.05, 0) is 28.4 Å². The van der Waals surface area contributed by atoms with E-state index in [0.717, 1.165) is 0 Å². The van der Waals surface area contributed by atoms with Gasteiger partial charge < -0.3 is 21.1 Å². The van der Waals surface area contributed by atoms with Crippen LogP contribution in [0.3, 0.4) is 0 Å². The fourth-order valence-electron chi connectivity index (χ4n) is 1.28. The molecule has 0 unspecified atom stereocenters.